The molecule has 0 saturated heterocycles. The molecule has 0 rings (SSSR count). The molecule has 0 nitrogen and oxygen atoms in total. The first-order valence-corrected chi connectivity index (χ1v) is 1.61. The van der Waals surface area contributed by atoms with Gasteiger partial charge in [-0.05, 0) is 0 Å². The summed E-state index contributed by atoms with van der Waals surface area (Å²) in [6, 6.07) is 0. The molecule has 7 heavy (non-hydrogen) atoms. The van der Waals surface area contributed by atoms with E-state index in [1.54, 1.807) is 0 Å². The van der Waals surface area contributed by atoms with E-state index in [0.717, 1.165) is 0 Å². The summed E-state index contributed by atoms with van der Waals surface area (Å²) in [6.07, 6.45) is -3.10. The van der Waals surface area contributed by atoms with Gasteiger partial charge < -0.3 is 0 Å². The summed E-state index contributed by atoms with van der Waals surface area (Å²) in [7, 11) is 0. The molecule has 0 N–H and O–H groups in total. The Kier molecular flexibility index (Phi) is 9.22. The van der Waals surface area contributed by atoms with E-state index in [0.29, 0.717) is 0 Å². The molecule has 0 unspecified atom stereocenters. The number of rotatable bonds is 2. The van der Waals surface area contributed by atoms with Gasteiger partial charge in [-0.2, -0.15) is 0 Å². The average Bonchev–Trinajstić information content (AvgIpc) is 1.35. The van der Waals surface area contributed by atoms with E-state index in [-0.39, 0.29) is 17.0 Å². The van der Waals surface area contributed by atoms with E-state index >= 15 is 0 Å². The van der Waals surface area contributed by atoms with Crippen molar-refractivity contribution in [2.75, 3.05) is 6.67 Å². The minimum Gasteiger partial charge on any atom is -0.251 e. The van der Waals surface area contributed by atoms with Crippen LogP contribution >= 0.6 is 17.0 Å². The van der Waals surface area contributed by atoms with Crippen LogP contribution in [-0.4, -0.2) is 13.1 Å². The molecule has 0 aliphatic rings. The number of alkyl halides is 3. The Balaban J connectivity index is 0. The maximum absolute atomic E-state index is 10.8. The fraction of sp³-hybridized carbons (Fsp3) is 1.00. The molecule has 46 valence electrons. The largest absolute Gasteiger partial charge is 0.251 e. The molecule has 0 aromatic rings. The van der Waals surface area contributed by atoms with Gasteiger partial charge in [0, 0.05) is 6.42 Å². The van der Waals surface area contributed by atoms with Crippen molar-refractivity contribution in [3.63, 3.8) is 0 Å². The van der Waals surface area contributed by atoms with Gasteiger partial charge in [-0.25, -0.2) is 8.78 Å². The van der Waals surface area contributed by atoms with Gasteiger partial charge in [-0.1, -0.05) is 0 Å². The topological polar surface area (TPSA) is 0 Å². The van der Waals surface area contributed by atoms with Gasteiger partial charge in [0.05, 0.1) is 6.67 Å². The van der Waals surface area contributed by atoms with Gasteiger partial charge in [-0.15, -0.1) is 17.0 Å². The summed E-state index contributed by atoms with van der Waals surface area (Å²) in [6.45, 7) is -0.919. The van der Waals surface area contributed by atoms with Crippen LogP contribution in [0.15, 0.2) is 0 Å². The molecule has 0 heterocycles. The third-order valence-electron chi connectivity index (χ3n) is 0.327. The molecule has 0 fully saturated rings. The van der Waals surface area contributed by atoms with Crippen molar-refractivity contribution in [2.45, 2.75) is 12.8 Å². The van der Waals surface area contributed by atoms with Crippen LogP contribution in [0, 0.1) is 0 Å². The highest BCUT2D eigenvalue weighted by molar-refractivity contribution is 8.93. The molecule has 4 heteroatoms. The van der Waals surface area contributed by atoms with E-state index in [1.807, 2.05) is 0 Å². The molecule has 0 amide bonds. The van der Waals surface area contributed by atoms with Gasteiger partial charge >= 0.3 is 0 Å². The Morgan fingerprint density at radius 2 is 1.71 bits per heavy atom. The maximum Gasteiger partial charge on any atom is 0.241 e. The van der Waals surface area contributed by atoms with Crippen molar-refractivity contribution in [2.24, 2.45) is 0 Å². The molecule has 0 aliphatic carbocycles. The second kappa shape index (κ2) is 6.27. The van der Waals surface area contributed by atoms with Crippen molar-refractivity contribution in [3.05, 3.63) is 0 Å². The van der Waals surface area contributed by atoms with Gasteiger partial charge in [0.1, 0.15) is 0 Å². The fourth-order valence-electron chi connectivity index (χ4n) is 0.0825. The lowest BCUT2D eigenvalue weighted by atomic mass is 10.5. The summed E-state index contributed by atoms with van der Waals surface area (Å²) in [5.74, 6) is 0. The predicted octanol–water partition coefficient (Wildman–Crippen LogP) is 2.19. The van der Waals surface area contributed by atoms with Crippen LogP contribution in [0.5, 0.6) is 0 Å². The third kappa shape index (κ3) is 10.7. The smallest absolute Gasteiger partial charge is 0.241 e. The molecule has 0 aromatic carbocycles. The summed E-state index contributed by atoms with van der Waals surface area (Å²) < 4.78 is 32.4. The Bertz CT molecular complexity index is 31.4. The van der Waals surface area contributed by atoms with E-state index in [4.69, 9.17) is 0 Å². The first-order chi connectivity index (χ1) is 2.77. The van der Waals surface area contributed by atoms with E-state index in [1.165, 1.54) is 0 Å². The zero-order chi connectivity index (χ0) is 4.99. The van der Waals surface area contributed by atoms with Crippen LogP contribution in [0.4, 0.5) is 13.2 Å². The van der Waals surface area contributed by atoms with Crippen molar-refractivity contribution in [1.29, 1.82) is 0 Å². The van der Waals surface area contributed by atoms with E-state index in [9.17, 15) is 13.2 Å². The Hall–Kier alpha value is 0.270. The van der Waals surface area contributed by atoms with E-state index in [2.05, 4.69) is 0 Å². The Labute approximate surface area is 50.5 Å². The monoisotopic (exact) mass is 178 g/mol. The molecule has 0 atom stereocenters. The predicted molar refractivity (Wildman–Crippen MR) is 26.9 cm³/mol. The standard InChI is InChI=1S/C3H5F3.BrH/c4-2-1-3(5)6;/h3H,1-2H2;1H. The first-order valence-electron chi connectivity index (χ1n) is 1.61. The lowest BCUT2D eigenvalue weighted by Crippen LogP contribution is -1.88. The van der Waals surface area contributed by atoms with Crippen LogP contribution in [0.1, 0.15) is 6.42 Å². The molecule has 0 aliphatic heterocycles. The van der Waals surface area contributed by atoms with Crippen molar-refractivity contribution >= 4 is 17.0 Å². The highest BCUT2D eigenvalue weighted by atomic mass is 79.9. The lowest BCUT2D eigenvalue weighted by Gasteiger charge is -1.85. The van der Waals surface area contributed by atoms with Gasteiger partial charge in [0.25, 0.3) is 0 Å². The van der Waals surface area contributed by atoms with Crippen LogP contribution in [-0.2, 0) is 0 Å². The molecule has 0 radical (unpaired) electrons. The zero-order valence-corrected chi connectivity index (χ0v) is 5.25. The van der Waals surface area contributed by atoms with E-state index < -0.39 is 19.5 Å². The zero-order valence-electron chi connectivity index (χ0n) is 3.53. The first kappa shape index (κ1) is 10.3. The van der Waals surface area contributed by atoms with Gasteiger partial charge in [-0.3, -0.25) is 4.39 Å². The summed E-state index contributed by atoms with van der Waals surface area (Å²) in [4.78, 5) is 0. The van der Waals surface area contributed by atoms with Crippen LogP contribution < -0.4 is 0 Å². The summed E-state index contributed by atoms with van der Waals surface area (Å²) in [5.41, 5.74) is 0. The van der Waals surface area contributed by atoms with Gasteiger partial charge in [0.2, 0.25) is 6.43 Å². The molecule has 0 saturated carbocycles. The number of hydrogen-bond acceptors (Lipinski definition) is 0. The summed E-state index contributed by atoms with van der Waals surface area (Å²) >= 11 is 0. The Morgan fingerprint density at radius 1 is 1.29 bits per heavy atom. The summed E-state index contributed by atoms with van der Waals surface area (Å²) in [5, 5.41) is 0. The lowest BCUT2D eigenvalue weighted by molar-refractivity contribution is 0.127. The SMILES string of the molecule is Br.FCCC(F)F. The molecular formula is C3H6BrF3. The van der Waals surface area contributed by atoms with Crippen LogP contribution in [0.25, 0.3) is 0 Å². The minimum atomic E-state index is -2.48. The van der Waals surface area contributed by atoms with Crippen molar-refractivity contribution in [1.82, 2.24) is 0 Å². The fourth-order valence-corrected chi connectivity index (χ4v) is 0.0825. The van der Waals surface area contributed by atoms with Crippen molar-refractivity contribution in [3.8, 4) is 0 Å². The second-order valence-corrected chi connectivity index (χ2v) is 0.869. The molecule has 0 aromatic heterocycles. The molecule has 0 bridgehead atoms. The highest BCUT2D eigenvalue weighted by Crippen LogP contribution is 1.96. The van der Waals surface area contributed by atoms with Gasteiger partial charge in [0.15, 0.2) is 0 Å². The maximum atomic E-state index is 10.8. The van der Waals surface area contributed by atoms with Crippen LogP contribution in [0.3, 0.4) is 0 Å². The number of hydrogen-bond donors (Lipinski definition) is 0. The average molecular weight is 179 g/mol. The normalized spacial score (nSPS) is 8.57. The molecular weight excluding hydrogens is 173 g/mol. The quantitative estimate of drug-likeness (QED) is 0.609. The Morgan fingerprint density at radius 3 is 1.71 bits per heavy atom. The highest BCUT2D eigenvalue weighted by Gasteiger charge is 1.97. The minimum absolute atomic E-state index is 0. The van der Waals surface area contributed by atoms with Crippen LogP contribution in [0.2, 0.25) is 0 Å². The second-order valence-electron chi connectivity index (χ2n) is 0.869. The molecule has 0 spiro atoms. The number of halogens is 4. The van der Waals surface area contributed by atoms with Crippen molar-refractivity contribution < 1.29 is 13.2 Å². The third-order valence-corrected chi connectivity index (χ3v) is 0.327.